The van der Waals surface area contributed by atoms with Crippen LogP contribution in [0.25, 0.3) is 0 Å². The Morgan fingerprint density at radius 3 is 2.41 bits per heavy atom. The molecule has 1 aliphatic heterocycles. The lowest BCUT2D eigenvalue weighted by Gasteiger charge is -2.38. The molecule has 0 bridgehead atoms. The second kappa shape index (κ2) is 8.61. The molecule has 1 saturated heterocycles. The second-order valence-electron chi connectivity index (χ2n) is 9.62. The molecule has 2 aliphatic carbocycles. The van der Waals surface area contributed by atoms with Crippen LogP contribution in [0.3, 0.4) is 0 Å². The molecule has 3 fully saturated rings. The van der Waals surface area contributed by atoms with Gasteiger partial charge in [0.15, 0.2) is 5.60 Å². The standard InChI is InChI=1S/C25H36N2O2/c1-18(2)10-9-15-27-16-21-22(17-27)23(21)26-24(28)25(29,19-11-5-3-6-12-19)20-13-7-4-8-14-20/h3,5-6,10-12,20-23,29H,4,7-9,13-17H2,1-2H3,(H,26,28). The van der Waals surface area contributed by atoms with Crippen molar-refractivity contribution in [1.82, 2.24) is 10.2 Å². The van der Waals surface area contributed by atoms with Gasteiger partial charge in [-0.1, -0.05) is 61.2 Å². The zero-order valence-corrected chi connectivity index (χ0v) is 17.9. The average molecular weight is 397 g/mol. The van der Waals surface area contributed by atoms with Crippen molar-refractivity contribution in [2.45, 2.75) is 64.0 Å². The molecule has 1 heterocycles. The fourth-order valence-corrected chi connectivity index (χ4v) is 5.57. The molecule has 0 aromatic heterocycles. The Kier molecular flexibility index (Phi) is 6.12. The maximum atomic E-state index is 13.4. The van der Waals surface area contributed by atoms with Crippen molar-refractivity contribution in [2.75, 3.05) is 19.6 Å². The smallest absolute Gasteiger partial charge is 0.257 e. The Hall–Kier alpha value is -1.65. The Morgan fingerprint density at radius 1 is 1.14 bits per heavy atom. The molecule has 2 N–H and O–H groups in total. The third-order valence-corrected chi connectivity index (χ3v) is 7.32. The summed E-state index contributed by atoms with van der Waals surface area (Å²) in [5.41, 5.74) is 0.725. The highest BCUT2D eigenvalue weighted by atomic mass is 16.3. The van der Waals surface area contributed by atoms with Crippen molar-refractivity contribution in [3.8, 4) is 0 Å². The van der Waals surface area contributed by atoms with E-state index in [4.69, 9.17) is 0 Å². The van der Waals surface area contributed by atoms with Crippen molar-refractivity contribution in [3.05, 3.63) is 47.5 Å². The van der Waals surface area contributed by atoms with E-state index >= 15 is 0 Å². The predicted molar refractivity (Wildman–Crippen MR) is 116 cm³/mol. The maximum Gasteiger partial charge on any atom is 0.257 e. The van der Waals surface area contributed by atoms with Crippen molar-refractivity contribution in [2.24, 2.45) is 17.8 Å². The maximum absolute atomic E-state index is 13.4. The molecule has 3 atom stereocenters. The van der Waals surface area contributed by atoms with Gasteiger partial charge in [0.1, 0.15) is 0 Å². The lowest BCUT2D eigenvalue weighted by atomic mass is 9.73. The number of nitrogens with zero attached hydrogens (tertiary/aromatic N) is 1. The van der Waals surface area contributed by atoms with Gasteiger partial charge < -0.3 is 15.3 Å². The molecule has 1 aromatic rings. The first-order valence-electron chi connectivity index (χ1n) is 11.4. The highest BCUT2D eigenvalue weighted by Crippen LogP contribution is 2.47. The minimum atomic E-state index is -1.40. The zero-order chi connectivity index (χ0) is 20.4. The topological polar surface area (TPSA) is 52.6 Å². The van der Waals surface area contributed by atoms with Crippen LogP contribution in [0.2, 0.25) is 0 Å². The van der Waals surface area contributed by atoms with E-state index in [2.05, 4.69) is 30.1 Å². The van der Waals surface area contributed by atoms with Gasteiger partial charge >= 0.3 is 0 Å². The van der Waals surface area contributed by atoms with Crippen LogP contribution in [0.15, 0.2) is 42.0 Å². The summed E-state index contributed by atoms with van der Waals surface area (Å²) < 4.78 is 0. The largest absolute Gasteiger partial charge is 0.375 e. The van der Waals surface area contributed by atoms with Crippen LogP contribution >= 0.6 is 0 Å². The van der Waals surface area contributed by atoms with Crippen LogP contribution in [0, 0.1) is 17.8 Å². The molecule has 4 nitrogen and oxygen atoms in total. The molecule has 158 valence electrons. The quantitative estimate of drug-likeness (QED) is 0.688. The first-order valence-corrected chi connectivity index (χ1v) is 11.4. The molecule has 2 saturated carbocycles. The molecule has 3 aliphatic rings. The van der Waals surface area contributed by atoms with E-state index in [1.165, 1.54) is 12.0 Å². The Balaban J connectivity index is 1.38. The van der Waals surface area contributed by atoms with E-state index in [1.807, 2.05) is 30.3 Å². The number of benzene rings is 1. The van der Waals surface area contributed by atoms with Crippen LogP contribution in [-0.2, 0) is 10.4 Å². The van der Waals surface area contributed by atoms with Crippen LogP contribution in [0.1, 0.15) is 57.9 Å². The molecule has 4 heteroatoms. The molecule has 0 radical (unpaired) electrons. The number of carbonyl (C=O) groups excluding carboxylic acids is 1. The molecule has 3 unspecified atom stereocenters. The van der Waals surface area contributed by atoms with Crippen molar-refractivity contribution < 1.29 is 9.90 Å². The summed E-state index contributed by atoms with van der Waals surface area (Å²) in [5, 5.41) is 15.0. The van der Waals surface area contributed by atoms with E-state index in [-0.39, 0.29) is 17.9 Å². The number of rotatable bonds is 7. The molecule has 29 heavy (non-hydrogen) atoms. The van der Waals surface area contributed by atoms with Gasteiger partial charge in [0.05, 0.1) is 0 Å². The van der Waals surface area contributed by atoms with Gasteiger partial charge in [-0.3, -0.25) is 4.79 Å². The van der Waals surface area contributed by atoms with E-state index in [0.717, 1.165) is 57.3 Å². The SMILES string of the molecule is CC(C)=CCCN1CC2C(C1)C2NC(=O)C(O)(c1ccccc1)C1CCCCC1. The minimum Gasteiger partial charge on any atom is -0.375 e. The van der Waals surface area contributed by atoms with Crippen LogP contribution in [0.4, 0.5) is 0 Å². The summed E-state index contributed by atoms with van der Waals surface area (Å²) in [6, 6.07) is 9.84. The van der Waals surface area contributed by atoms with Crippen LogP contribution < -0.4 is 5.32 Å². The van der Waals surface area contributed by atoms with E-state index < -0.39 is 5.60 Å². The van der Waals surface area contributed by atoms with E-state index in [9.17, 15) is 9.90 Å². The fourth-order valence-electron chi connectivity index (χ4n) is 5.57. The summed E-state index contributed by atoms with van der Waals surface area (Å²) in [6.45, 7) is 7.54. The number of hydrogen-bond acceptors (Lipinski definition) is 3. The third kappa shape index (κ3) is 4.29. The third-order valence-electron chi connectivity index (χ3n) is 7.32. The Labute approximate surface area is 175 Å². The first kappa shape index (κ1) is 20.6. The van der Waals surface area contributed by atoms with Gasteiger partial charge in [0, 0.05) is 31.6 Å². The highest BCUT2D eigenvalue weighted by molar-refractivity contribution is 5.87. The first-order chi connectivity index (χ1) is 14.0. The molecule has 1 aromatic carbocycles. The average Bonchev–Trinajstić information content (AvgIpc) is 3.17. The summed E-state index contributed by atoms with van der Waals surface area (Å²) in [7, 11) is 0. The Bertz CT molecular complexity index is 724. The lowest BCUT2D eigenvalue weighted by molar-refractivity contribution is -0.149. The Morgan fingerprint density at radius 2 is 1.79 bits per heavy atom. The van der Waals surface area contributed by atoms with Crippen LogP contribution in [0.5, 0.6) is 0 Å². The number of aliphatic hydroxyl groups is 1. The summed E-state index contributed by atoms with van der Waals surface area (Å²) >= 11 is 0. The van der Waals surface area contributed by atoms with Gasteiger partial charge in [-0.05, 0) is 50.5 Å². The van der Waals surface area contributed by atoms with Gasteiger partial charge in [-0.15, -0.1) is 0 Å². The molecular weight excluding hydrogens is 360 g/mol. The number of amides is 1. The number of allylic oxidation sites excluding steroid dienone is 1. The summed E-state index contributed by atoms with van der Waals surface area (Å²) in [4.78, 5) is 15.9. The zero-order valence-electron chi connectivity index (χ0n) is 17.9. The molecule has 1 amide bonds. The number of likely N-dealkylation sites (tertiary alicyclic amines) is 1. The van der Waals surface area contributed by atoms with Crippen molar-refractivity contribution >= 4 is 5.91 Å². The number of hydrogen-bond donors (Lipinski definition) is 2. The van der Waals surface area contributed by atoms with Crippen LogP contribution in [-0.4, -0.2) is 41.6 Å². The van der Waals surface area contributed by atoms with Gasteiger partial charge in [0.25, 0.3) is 5.91 Å². The highest BCUT2D eigenvalue weighted by Gasteiger charge is 2.58. The van der Waals surface area contributed by atoms with Crippen molar-refractivity contribution in [1.29, 1.82) is 0 Å². The number of carbonyl (C=O) groups is 1. The summed E-state index contributed by atoms with van der Waals surface area (Å²) in [5.74, 6) is 0.943. The molecule has 4 rings (SSSR count). The number of piperidine rings is 1. The molecular formula is C25H36N2O2. The normalized spacial score (nSPS) is 29.0. The van der Waals surface area contributed by atoms with Gasteiger partial charge in [-0.25, -0.2) is 0 Å². The van der Waals surface area contributed by atoms with E-state index in [1.54, 1.807) is 0 Å². The van der Waals surface area contributed by atoms with Crippen molar-refractivity contribution in [3.63, 3.8) is 0 Å². The number of fused-ring (bicyclic) bond motifs is 1. The van der Waals surface area contributed by atoms with Gasteiger partial charge in [-0.2, -0.15) is 0 Å². The fraction of sp³-hybridized carbons (Fsp3) is 0.640. The summed E-state index contributed by atoms with van der Waals surface area (Å²) in [6.07, 6.45) is 8.66. The van der Waals surface area contributed by atoms with Gasteiger partial charge in [0.2, 0.25) is 0 Å². The van der Waals surface area contributed by atoms with E-state index in [0.29, 0.717) is 11.8 Å². The monoisotopic (exact) mass is 396 g/mol. The number of nitrogens with one attached hydrogen (secondary N) is 1. The second-order valence-corrected chi connectivity index (χ2v) is 9.62. The molecule has 0 spiro atoms. The minimum absolute atomic E-state index is 0.0119. The lowest BCUT2D eigenvalue weighted by Crippen LogP contribution is -2.51. The predicted octanol–water partition coefficient (Wildman–Crippen LogP) is 3.86.